The van der Waals surface area contributed by atoms with E-state index >= 15 is 0 Å². The first kappa shape index (κ1) is 15.1. The van der Waals surface area contributed by atoms with Crippen LogP contribution in [0.1, 0.15) is 23.2 Å². The first-order valence-corrected chi connectivity index (χ1v) is 5.51. The monoisotopic (exact) mass is 277 g/mol. The average molecular weight is 277 g/mol. The molecule has 19 heavy (non-hydrogen) atoms. The van der Waals surface area contributed by atoms with Gasteiger partial charge in [-0.2, -0.15) is 13.2 Å². The summed E-state index contributed by atoms with van der Waals surface area (Å²) in [7, 11) is 1.39. The SMILES string of the molecule is COc1cccc(C(=O)OCCCC(F)(F)F)c1N. The highest BCUT2D eigenvalue weighted by Gasteiger charge is 2.26. The van der Waals surface area contributed by atoms with E-state index in [1.807, 2.05) is 0 Å². The predicted molar refractivity (Wildman–Crippen MR) is 63.0 cm³/mol. The second-order valence-electron chi connectivity index (χ2n) is 3.78. The number of benzene rings is 1. The number of rotatable bonds is 5. The molecule has 0 saturated heterocycles. The maximum atomic E-state index is 11.9. The Balaban J connectivity index is 2.55. The molecular weight excluding hydrogens is 263 g/mol. The third kappa shape index (κ3) is 4.69. The number of methoxy groups -OCH3 is 1. The minimum atomic E-state index is -4.25. The van der Waals surface area contributed by atoms with Crippen LogP contribution in [0.25, 0.3) is 0 Å². The molecule has 0 aromatic heterocycles. The Hall–Kier alpha value is -1.92. The van der Waals surface area contributed by atoms with Gasteiger partial charge in [-0.05, 0) is 18.6 Å². The Labute approximate surface area is 108 Å². The highest BCUT2D eigenvalue weighted by atomic mass is 19.4. The smallest absolute Gasteiger partial charge is 0.389 e. The lowest BCUT2D eigenvalue weighted by Gasteiger charge is -2.10. The highest BCUT2D eigenvalue weighted by molar-refractivity contribution is 5.96. The molecule has 0 fully saturated rings. The lowest BCUT2D eigenvalue weighted by Crippen LogP contribution is -2.13. The fraction of sp³-hybridized carbons (Fsp3) is 0.417. The van der Waals surface area contributed by atoms with Gasteiger partial charge in [-0.25, -0.2) is 4.79 Å². The van der Waals surface area contributed by atoms with Gasteiger partial charge in [0.2, 0.25) is 0 Å². The molecule has 0 heterocycles. The summed E-state index contributed by atoms with van der Waals surface area (Å²) in [5.41, 5.74) is 5.84. The van der Waals surface area contributed by atoms with Gasteiger partial charge < -0.3 is 15.2 Å². The molecule has 7 heteroatoms. The Morgan fingerprint density at radius 2 is 2.05 bits per heavy atom. The van der Waals surface area contributed by atoms with E-state index in [2.05, 4.69) is 0 Å². The molecule has 0 radical (unpaired) electrons. The van der Waals surface area contributed by atoms with Crippen LogP contribution in [0.2, 0.25) is 0 Å². The van der Waals surface area contributed by atoms with Crippen LogP contribution in [-0.2, 0) is 4.74 Å². The van der Waals surface area contributed by atoms with Crippen LogP contribution in [0, 0.1) is 0 Å². The van der Waals surface area contributed by atoms with Crippen molar-refractivity contribution in [3.8, 4) is 5.75 Å². The predicted octanol–water partition coefficient (Wildman–Crippen LogP) is 2.78. The minimum absolute atomic E-state index is 0.0753. The van der Waals surface area contributed by atoms with Crippen molar-refractivity contribution in [1.82, 2.24) is 0 Å². The largest absolute Gasteiger partial charge is 0.495 e. The summed E-state index contributed by atoms with van der Waals surface area (Å²) >= 11 is 0. The van der Waals surface area contributed by atoms with Gasteiger partial charge in [-0.3, -0.25) is 0 Å². The van der Waals surface area contributed by atoms with Crippen LogP contribution in [0.5, 0.6) is 5.75 Å². The lowest BCUT2D eigenvalue weighted by molar-refractivity contribution is -0.137. The average Bonchev–Trinajstić information content (AvgIpc) is 2.33. The maximum Gasteiger partial charge on any atom is 0.389 e. The van der Waals surface area contributed by atoms with E-state index in [1.54, 1.807) is 12.1 Å². The molecule has 0 amide bonds. The van der Waals surface area contributed by atoms with Gasteiger partial charge in [-0.15, -0.1) is 0 Å². The Morgan fingerprint density at radius 3 is 2.63 bits per heavy atom. The molecule has 0 atom stereocenters. The fourth-order valence-electron chi connectivity index (χ4n) is 1.42. The molecule has 1 aromatic carbocycles. The number of hydrogen-bond donors (Lipinski definition) is 1. The number of carbonyl (C=O) groups excluding carboxylic acids is 1. The quantitative estimate of drug-likeness (QED) is 0.510. The van der Waals surface area contributed by atoms with Crippen LogP contribution in [0.4, 0.5) is 18.9 Å². The zero-order valence-electron chi connectivity index (χ0n) is 10.3. The van der Waals surface area contributed by atoms with Gasteiger partial charge in [0.1, 0.15) is 5.75 Å². The molecule has 0 aliphatic rings. The number of nitrogen functional groups attached to an aromatic ring is 1. The van der Waals surface area contributed by atoms with E-state index in [9.17, 15) is 18.0 Å². The van der Waals surface area contributed by atoms with E-state index < -0.39 is 18.6 Å². The van der Waals surface area contributed by atoms with Crippen molar-refractivity contribution in [2.24, 2.45) is 0 Å². The normalized spacial score (nSPS) is 11.2. The molecule has 0 spiro atoms. The maximum absolute atomic E-state index is 11.9. The number of hydrogen-bond acceptors (Lipinski definition) is 4. The Bertz CT molecular complexity index is 446. The van der Waals surface area contributed by atoms with Crippen LogP contribution < -0.4 is 10.5 Å². The summed E-state index contributed by atoms with van der Waals surface area (Å²) in [6.07, 6.45) is -5.52. The fourth-order valence-corrected chi connectivity index (χ4v) is 1.42. The molecule has 0 aliphatic carbocycles. The lowest BCUT2D eigenvalue weighted by atomic mass is 10.1. The number of alkyl halides is 3. The number of ether oxygens (including phenoxy) is 2. The summed E-state index contributed by atoms with van der Waals surface area (Å²) in [6, 6.07) is 4.53. The van der Waals surface area contributed by atoms with E-state index in [0.717, 1.165) is 0 Å². The molecule has 0 aliphatic heterocycles. The molecule has 1 rings (SSSR count). The Kier molecular flexibility index (Phi) is 5.02. The number of esters is 1. The van der Waals surface area contributed by atoms with Gasteiger partial charge >= 0.3 is 12.1 Å². The van der Waals surface area contributed by atoms with E-state index in [0.29, 0.717) is 5.75 Å². The van der Waals surface area contributed by atoms with Crippen molar-refractivity contribution in [3.63, 3.8) is 0 Å². The van der Waals surface area contributed by atoms with Crippen LogP contribution in [-0.4, -0.2) is 25.9 Å². The summed E-state index contributed by atoms with van der Waals surface area (Å²) in [4.78, 5) is 11.6. The van der Waals surface area contributed by atoms with Gasteiger partial charge in [-0.1, -0.05) is 6.07 Å². The third-order valence-electron chi connectivity index (χ3n) is 2.34. The number of para-hydroxylation sites is 1. The van der Waals surface area contributed by atoms with Crippen LogP contribution in [0.3, 0.4) is 0 Å². The first-order valence-electron chi connectivity index (χ1n) is 5.51. The summed E-state index contributed by atoms with van der Waals surface area (Å²) in [6.45, 7) is -0.311. The molecule has 0 bridgehead atoms. The van der Waals surface area contributed by atoms with Gasteiger partial charge in [0, 0.05) is 6.42 Å². The summed E-state index contributed by atoms with van der Waals surface area (Å²) in [5, 5.41) is 0. The molecule has 1 aromatic rings. The zero-order chi connectivity index (χ0) is 14.5. The van der Waals surface area contributed by atoms with Crippen molar-refractivity contribution < 1.29 is 27.4 Å². The molecule has 4 nitrogen and oxygen atoms in total. The van der Waals surface area contributed by atoms with Crippen molar-refractivity contribution in [2.75, 3.05) is 19.5 Å². The van der Waals surface area contributed by atoms with Crippen molar-refractivity contribution in [2.45, 2.75) is 19.0 Å². The van der Waals surface area contributed by atoms with E-state index in [-0.39, 0.29) is 24.3 Å². The number of halogens is 3. The topological polar surface area (TPSA) is 61.5 Å². The standard InChI is InChI=1S/C12H14F3NO3/c1-18-9-5-2-4-8(10(9)16)11(17)19-7-3-6-12(13,14)15/h2,4-5H,3,6-7,16H2,1H3. The summed E-state index contributed by atoms with van der Waals surface area (Å²) < 4.78 is 45.3. The molecule has 2 N–H and O–H groups in total. The van der Waals surface area contributed by atoms with Crippen molar-refractivity contribution >= 4 is 11.7 Å². The zero-order valence-corrected chi connectivity index (χ0v) is 10.3. The van der Waals surface area contributed by atoms with Crippen molar-refractivity contribution in [3.05, 3.63) is 23.8 Å². The Morgan fingerprint density at radius 1 is 1.37 bits per heavy atom. The highest BCUT2D eigenvalue weighted by Crippen LogP contribution is 2.25. The third-order valence-corrected chi connectivity index (χ3v) is 2.34. The van der Waals surface area contributed by atoms with Crippen LogP contribution in [0.15, 0.2) is 18.2 Å². The van der Waals surface area contributed by atoms with Gasteiger partial charge in [0.15, 0.2) is 0 Å². The first-order chi connectivity index (χ1) is 8.85. The number of anilines is 1. The second kappa shape index (κ2) is 6.31. The minimum Gasteiger partial charge on any atom is -0.495 e. The number of carbonyl (C=O) groups is 1. The molecule has 0 unspecified atom stereocenters. The molecule has 106 valence electrons. The second-order valence-corrected chi connectivity index (χ2v) is 3.78. The summed E-state index contributed by atoms with van der Waals surface area (Å²) in [5.74, 6) is -0.455. The van der Waals surface area contributed by atoms with E-state index in [4.69, 9.17) is 15.2 Å². The van der Waals surface area contributed by atoms with E-state index in [1.165, 1.54) is 13.2 Å². The van der Waals surface area contributed by atoms with Gasteiger partial charge in [0.05, 0.1) is 25.0 Å². The van der Waals surface area contributed by atoms with Crippen molar-refractivity contribution in [1.29, 1.82) is 0 Å². The molecular formula is C12H14F3NO3. The van der Waals surface area contributed by atoms with Crippen LogP contribution >= 0.6 is 0 Å². The van der Waals surface area contributed by atoms with Gasteiger partial charge in [0.25, 0.3) is 0 Å². The molecule has 0 saturated carbocycles. The number of nitrogens with two attached hydrogens (primary N) is 1.